The lowest BCUT2D eigenvalue weighted by Gasteiger charge is -2.29. The molecule has 7 heteroatoms. The summed E-state index contributed by atoms with van der Waals surface area (Å²) in [5, 5.41) is 21.7. The Balaban J connectivity index is 2.05. The van der Waals surface area contributed by atoms with Crippen LogP contribution >= 0.6 is 11.6 Å². The van der Waals surface area contributed by atoms with Gasteiger partial charge in [0.15, 0.2) is 0 Å². The van der Waals surface area contributed by atoms with E-state index in [4.69, 9.17) is 16.7 Å². The molecule has 1 amide bonds. The second-order valence-corrected chi connectivity index (χ2v) is 6.11. The summed E-state index contributed by atoms with van der Waals surface area (Å²) in [6.07, 6.45) is 2.17. The van der Waals surface area contributed by atoms with E-state index in [-0.39, 0.29) is 5.57 Å². The SMILES string of the molecule is Cc1ccc(Cl)cc1N/C=C(/C#N)C(=O)N1CCC(C(=O)O)CC1. The number of amides is 1. The third-order valence-corrected chi connectivity index (χ3v) is 4.29. The number of anilines is 1. The molecule has 1 aliphatic rings. The smallest absolute Gasteiger partial charge is 0.306 e. The summed E-state index contributed by atoms with van der Waals surface area (Å²) >= 11 is 5.94. The van der Waals surface area contributed by atoms with Gasteiger partial charge in [-0.2, -0.15) is 5.26 Å². The van der Waals surface area contributed by atoms with Gasteiger partial charge in [0, 0.05) is 30.0 Å². The van der Waals surface area contributed by atoms with E-state index in [9.17, 15) is 14.9 Å². The van der Waals surface area contributed by atoms with Crippen molar-refractivity contribution in [3.05, 3.63) is 40.6 Å². The molecule has 1 aromatic carbocycles. The standard InChI is InChI=1S/C17H18ClN3O3/c1-11-2-3-14(18)8-15(11)20-10-13(9-19)16(22)21-6-4-12(5-7-21)17(23)24/h2-3,8,10,12,20H,4-7H2,1H3,(H,23,24)/b13-10-. The maximum atomic E-state index is 12.4. The Morgan fingerprint density at radius 1 is 1.42 bits per heavy atom. The molecule has 126 valence electrons. The van der Waals surface area contributed by atoms with Gasteiger partial charge in [-0.05, 0) is 37.5 Å². The summed E-state index contributed by atoms with van der Waals surface area (Å²) < 4.78 is 0. The summed E-state index contributed by atoms with van der Waals surface area (Å²) in [5.41, 5.74) is 1.62. The van der Waals surface area contributed by atoms with Crippen LogP contribution in [0.2, 0.25) is 5.02 Å². The number of likely N-dealkylation sites (tertiary alicyclic amines) is 1. The van der Waals surface area contributed by atoms with E-state index < -0.39 is 17.8 Å². The van der Waals surface area contributed by atoms with Crippen molar-refractivity contribution in [1.29, 1.82) is 5.26 Å². The molecule has 0 aliphatic carbocycles. The number of rotatable bonds is 4. The van der Waals surface area contributed by atoms with Crippen LogP contribution in [0, 0.1) is 24.2 Å². The van der Waals surface area contributed by atoms with E-state index in [2.05, 4.69) is 5.32 Å². The number of nitrogens with zero attached hydrogens (tertiary/aromatic N) is 2. The number of aliphatic carboxylic acids is 1. The van der Waals surface area contributed by atoms with Crippen molar-refractivity contribution in [2.24, 2.45) is 5.92 Å². The number of aryl methyl sites for hydroxylation is 1. The zero-order valence-corrected chi connectivity index (χ0v) is 14.0. The molecule has 1 heterocycles. The van der Waals surface area contributed by atoms with Gasteiger partial charge >= 0.3 is 5.97 Å². The van der Waals surface area contributed by atoms with Crippen LogP contribution in [0.1, 0.15) is 18.4 Å². The molecule has 2 rings (SSSR count). The van der Waals surface area contributed by atoms with Crippen molar-refractivity contribution < 1.29 is 14.7 Å². The van der Waals surface area contributed by atoms with Gasteiger partial charge in [-0.3, -0.25) is 9.59 Å². The van der Waals surface area contributed by atoms with Gasteiger partial charge in [0.25, 0.3) is 5.91 Å². The van der Waals surface area contributed by atoms with E-state index in [1.54, 1.807) is 12.1 Å². The monoisotopic (exact) mass is 347 g/mol. The number of nitriles is 1. The minimum absolute atomic E-state index is 0.0249. The number of carbonyl (C=O) groups is 2. The predicted octanol–water partition coefficient (Wildman–Crippen LogP) is 2.79. The molecule has 24 heavy (non-hydrogen) atoms. The Bertz CT molecular complexity index is 716. The second-order valence-electron chi connectivity index (χ2n) is 5.68. The van der Waals surface area contributed by atoms with Crippen LogP contribution in [0.25, 0.3) is 0 Å². The molecule has 1 aromatic rings. The number of nitrogens with one attached hydrogen (secondary N) is 1. The highest BCUT2D eigenvalue weighted by molar-refractivity contribution is 6.30. The van der Waals surface area contributed by atoms with Gasteiger partial charge in [-0.15, -0.1) is 0 Å². The Morgan fingerprint density at radius 2 is 2.08 bits per heavy atom. The average Bonchev–Trinajstić information content (AvgIpc) is 2.58. The molecule has 1 saturated heterocycles. The minimum Gasteiger partial charge on any atom is -0.481 e. The van der Waals surface area contributed by atoms with E-state index in [0.717, 1.165) is 5.56 Å². The Kier molecular flexibility index (Phi) is 5.83. The van der Waals surface area contributed by atoms with Gasteiger partial charge in [0.1, 0.15) is 11.6 Å². The highest BCUT2D eigenvalue weighted by Crippen LogP contribution is 2.21. The van der Waals surface area contributed by atoms with Crippen LogP contribution < -0.4 is 5.32 Å². The Morgan fingerprint density at radius 3 is 2.67 bits per heavy atom. The Labute approximate surface area is 145 Å². The molecule has 1 fully saturated rings. The molecule has 0 aromatic heterocycles. The number of piperidine rings is 1. The maximum Gasteiger partial charge on any atom is 0.306 e. The number of benzene rings is 1. The molecule has 1 aliphatic heterocycles. The van der Waals surface area contributed by atoms with E-state index >= 15 is 0 Å². The first-order valence-electron chi connectivity index (χ1n) is 7.57. The molecule has 2 N–H and O–H groups in total. The predicted molar refractivity (Wildman–Crippen MR) is 90.4 cm³/mol. The molecule has 0 atom stereocenters. The molecule has 0 saturated carbocycles. The first kappa shape index (κ1) is 17.8. The normalized spacial score (nSPS) is 15.7. The Hall–Kier alpha value is -2.52. The van der Waals surface area contributed by atoms with Gasteiger partial charge in [0.05, 0.1) is 5.92 Å². The topological polar surface area (TPSA) is 93.4 Å². The molecule has 0 radical (unpaired) electrons. The van der Waals surface area contributed by atoms with Crippen molar-refractivity contribution in [2.75, 3.05) is 18.4 Å². The van der Waals surface area contributed by atoms with Crippen LogP contribution in [-0.2, 0) is 9.59 Å². The van der Waals surface area contributed by atoms with Gasteiger partial charge < -0.3 is 15.3 Å². The third-order valence-electron chi connectivity index (χ3n) is 4.05. The number of hydrogen-bond donors (Lipinski definition) is 2. The summed E-state index contributed by atoms with van der Waals surface area (Å²) in [7, 11) is 0. The lowest BCUT2D eigenvalue weighted by atomic mass is 9.97. The lowest BCUT2D eigenvalue weighted by molar-refractivity contribution is -0.145. The zero-order valence-electron chi connectivity index (χ0n) is 13.3. The van der Waals surface area contributed by atoms with Gasteiger partial charge in [-0.25, -0.2) is 0 Å². The lowest BCUT2D eigenvalue weighted by Crippen LogP contribution is -2.40. The van der Waals surface area contributed by atoms with Gasteiger partial charge in [-0.1, -0.05) is 17.7 Å². The van der Waals surface area contributed by atoms with Crippen molar-refractivity contribution in [3.63, 3.8) is 0 Å². The number of hydrogen-bond acceptors (Lipinski definition) is 4. The minimum atomic E-state index is -0.837. The fraction of sp³-hybridized carbons (Fsp3) is 0.353. The maximum absolute atomic E-state index is 12.4. The van der Waals surface area contributed by atoms with Crippen LogP contribution in [0.3, 0.4) is 0 Å². The largest absolute Gasteiger partial charge is 0.481 e. The van der Waals surface area contributed by atoms with Crippen molar-refractivity contribution >= 4 is 29.2 Å². The fourth-order valence-corrected chi connectivity index (χ4v) is 2.71. The molecule has 0 spiro atoms. The van der Waals surface area contributed by atoms with Gasteiger partial charge in [0.2, 0.25) is 0 Å². The molecular formula is C17H18ClN3O3. The average molecular weight is 348 g/mol. The van der Waals surface area contributed by atoms with Crippen LogP contribution in [0.4, 0.5) is 5.69 Å². The molecule has 0 unspecified atom stereocenters. The highest BCUT2D eigenvalue weighted by atomic mass is 35.5. The number of carboxylic acids is 1. The zero-order chi connectivity index (χ0) is 17.7. The molecular weight excluding hydrogens is 330 g/mol. The van der Waals surface area contributed by atoms with Crippen LogP contribution in [0.15, 0.2) is 30.0 Å². The van der Waals surface area contributed by atoms with Crippen LogP contribution in [0.5, 0.6) is 0 Å². The van der Waals surface area contributed by atoms with Crippen molar-refractivity contribution in [1.82, 2.24) is 4.90 Å². The van der Waals surface area contributed by atoms with Crippen molar-refractivity contribution in [3.8, 4) is 6.07 Å². The van der Waals surface area contributed by atoms with Crippen molar-refractivity contribution in [2.45, 2.75) is 19.8 Å². The quantitative estimate of drug-likeness (QED) is 0.645. The second kappa shape index (κ2) is 7.84. The fourth-order valence-electron chi connectivity index (χ4n) is 2.54. The van der Waals surface area contributed by atoms with E-state index in [0.29, 0.717) is 36.6 Å². The van der Waals surface area contributed by atoms with E-state index in [1.807, 2.05) is 19.1 Å². The number of halogens is 1. The summed E-state index contributed by atoms with van der Waals surface area (Å²) in [4.78, 5) is 24.9. The molecule has 0 bridgehead atoms. The first-order chi connectivity index (χ1) is 11.4. The third kappa shape index (κ3) is 4.27. The number of carboxylic acid groups (broad SMARTS) is 1. The summed E-state index contributed by atoms with van der Waals surface area (Å²) in [5.74, 6) is -1.65. The summed E-state index contributed by atoms with van der Waals surface area (Å²) in [6.45, 7) is 2.56. The first-order valence-corrected chi connectivity index (χ1v) is 7.95. The van der Waals surface area contributed by atoms with Crippen LogP contribution in [-0.4, -0.2) is 35.0 Å². The number of carbonyl (C=O) groups excluding carboxylic acids is 1. The van der Waals surface area contributed by atoms with E-state index in [1.165, 1.54) is 11.1 Å². The summed E-state index contributed by atoms with van der Waals surface area (Å²) in [6, 6.07) is 7.20. The highest BCUT2D eigenvalue weighted by Gasteiger charge is 2.28. The molecule has 6 nitrogen and oxygen atoms in total.